The smallest absolute Gasteiger partial charge is 0.250 e. The zero-order chi connectivity index (χ0) is 21.8. The van der Waals surface area contributed by atoms with Crippen LogP contribution in [0.3, 0.4) is 0 Å². The van der Waals surface area contributed by atoms with Crippen LogP contribution in [0, 0.1) is 0 Å². The van der Waals surface area contributed by atoms with E-state index in [0.29, 0.717) is 29.6 Å². The van der Waals surface area contributed by atoms with Crippen LogP contribution in [-0.4, -0.2) is 34.3 Å². The molecular formula is C23H34O5Si. The van der Waals surface area contributed by atoms with Gasteiger partial charge in [-0.15, -0.1) is 0 Å². The molecule has 160 valence electrons. The molecule has 0 bridgehead atoms. The summed E-state index contributed by atoms with van der Waals surface area (Å²) in [7, 11) is 1.17. The topological polar surface area (TPSA) is 57.2 Å². The predicted molar refractivity (Wildman–Crippen MR) is 119 cm³/mol. The van der Waals surface area contributed by atoms with E-state index < -0.39 is 14.4 Å². The fourth-order valence-electron chi connectivity index (χ4n) is 2.70. The van der Waals surface area contributed by atoms with Crippen molar-refractivity contribution in [2.75, 3.05) is 20.8 Å². The summed E-state index contributed by atoms with van der Waals surface area (Å²) < 4.78 is 23.0. The van der Waals surface area contributed by atoms with Crippen molar-refractivity contribution in [2.24, 2.45) is 0 Å². The van der Waals surface area contributed by atoms with Gasteiger partial charge in [0, 0.05) is 0 Å². The van der Waals surface area contributed by atoms with Gasteiger partial charge in [-0.05, 0) is 60.4 Å². The highest BCUT2D eigenvalue weighted by Crippen LogP contribution is 2.41. The lowest BCUT2D eigenvalue weighted by Gasteiger charge is -2.37. The van der Waals surface area contributed by atoms with Crippen LogP contribution >= 0.6 is 0 Å². The van der Waals surface area contributed by atoms with E-state index in [1.807, 2.05) is 37.3 Å². The van der Waals surface area contributed by atoms with Crippen LogP contribution in [0.15, 0.2) is 36.4 Å². The van der Waals surface area contributed by atoms with Gasteiger partial charge in [-0.25, -0.2) is 0 Å². The number of benzene rings is 2. The molecule has 1 N–H and O–H groups in total. The zero-order valence-corrected chi connectivity index (χ0v) is 19.8. The van der Waals surface area contributed by atoms with E-state index in [9.17, 15) is 5.11 Å². The first-order valence-corrected chi connectivity index (χ1v) is 12.8. The largest absolute Gasteiger partial charge is 0.541 e. The lowest BCUT2D eigenvalue weighted by atomic mass is 10.0. The van der Waals surface area contributed by atoms with Crippen LogP contribution in [0.1, 0.15) is 44.9 Å². The van der Waals surface area contributed by atoms with Gasteiger partial charge in [0.15, 0.2) is 17.2 Å². The van der Waals surface area contributed by atoms with Gasteiger partial charge >= 0.3 is 0 Å². The molecule has 0 aliphatic rings. The van der Waals surface area contributed by atoms with Gasteiger partial charge in [0.05, 0.1) is 20.8 Å². The molecule has 5 nitrogen and oxygen atoms in total. The molecule has 2 aromatic carbocycles. The molecule has 0 amide bonds. The molecule has 29 heavy (non-hydrogen) atoms. The number of methoxy groups -OCH3 is 2. The molecule has 0 radical (unpaired) electrons. The Hall–Kier alpha value is -2.18. The first kappa shape index (κ1) is 23.1. The van der Waals surface area contributed by atoms with Crippen LogP contribution in [0.2, 0.25) is 18.1 Å². The monoisotopic (exact) mass is 418 g/mol. The normalized spacial score (nSPS) is 13.0. The van der Waals surface area contributed by atoms with Crippen molar-refractivity contribution >= 4 is 8.32 Å². The Morgan fingerprint density at radius 3 is 1.79 bits per heavy atom. The molecule has 0 fully saturated rings. The summed E-state index contributed by atoms with van der Waals surface area (Å²) in [5, 5.41) is 11.1. The fourth-order valence-corrected chi connectivity index (χ4v) is 3.71. The number of hydrogen-bond acceptors (Lipinski definition) is 5. The Morgan fingerprint density at radius 2 is 1.34 bits per heavy atom. The summed E-state index contributed by atoms with van der Waals surface area (Å²) >= 11 is 0. The molecule has 0 aromatic heterocycles. The number of aliphatic hydroxyl groups excluding tert-OH is 1. The van der Waals surface area contributed by atoms with Gasteiger partial charge in [0.2, 0.25) is 0 Å². The molecule has 2 aromatic rings. The van der Waals surface area contributed by atoms with Gasteiger partial charge in [0.1, 0.15) is 11.9 Å². The van der Waals surface area contributed by atoms with Crippen LogP contribution in [-0.2, 0) is 0 Å². The number of hydrogen-bond donors (Lipinski definition) is 1. The Labute approximate surface area is 175 Å². The maximum absolute atomic E-state index is 11.0. The van der Waals surface area contributed by atoms with Crippen LogP contribution in [0.5, 0.6) is 23.0 Å². The Balaban J connectivity index is 2.41. The van der Waals surface area contributed by atoms with Crippen molar-refractivity contribution in [2.45, 2.75) is 51.9 Å². The lowest BCUT2D eigenvalue weighted by molar-refractivity contribution is 0.218. The second kappa shape index (κ2) is 9.09. The highest BCUT2D eigenvalue weighted by molar-refractivity contribution is 6.74. The summed E-state index contributed by atoms with van der Waals surface area (Å²) in [5.74, 6) is 2.57. The average molecular weight is 419 g/mol. The summed E-state index contributed by atoms with van der Waals surface area (Å²) in [5.41, 5.74) is 1.45. The van der Waals surface area contributed by atoms with Crippen molar-refractivity contribution in [3.63, 3.8) is 0 Å². The Bertz CT molecular complexity index is 827. The molecule has 0 aliphatic heterocycles. The highest BCUT2D eigenvalue weighted by atomic mass is 28.4. The molecule has 1 unspecified atom stereocenters. The third-order valence-corrected chi connectivity index (χ3v) is 9.82. The van der Waals surface area contributed by atoms with E-state index in [4.69, 9.17) is 18.6 Å². The lowest BCUT2D eigenvalue weighted by Crippen LogP contribution is -2.43. The number of aliphatic hydroxyl groups is 1. The minimum absolute atomic E-state index is 0.0506. The Kier molecular flexibility index (Phi) is 7.24. The van der Waals surface area contributed by atoms with Crippen LogP contribution in [0.25, 0.3) is 0 Å². The van der Waals surface area contributed by atoms with Gasteiger partial charge in [-0.3, -0.25) is 0 Å². The quantitative estimate of drug-likeness (QED) is 0.568. The first-order chi connectivity index (χ1) is 13.5. The molecule has 0 heterocycles. The molecule has 0 spiro atoms. The van der Waals surface area contributed by atoms with Crippen LogP contribution in [0.4, 0.5) is 0 Å². The van der Waals surface area contributed by atoms with E-state index in [-0.39, 0.29) is 5.04 Å². The fraction of sp³-hybridized carbons (Fsp3) is 0.478. The van der Waals surface area contributed by atoms with Gasteiger partial charge in [-0.1, -0.05) is 32.9 Å². The van der Waals surface area contributed by atoms with Crippen molar-refractivity contribution in [1.82, 2.24) is 0 Å². The molecule has 6 heteroatoms. The summed E-state index contributed by atoms with van der Waals surface area (Å²) in [4.78, 5) is 0. The first-order valence-electron chi connectivity index (χ1n) is 9.89. The minimum Gasteiger partial charge on any atom is -0.541 e. The van der Waals surface area contributed by atoms with Gasteiger partial charge in [0.25, 0.3) is 8.32 Å². The number of rotatable bonds is 8. The highest BCUT2D eigenvalue weighted by Gasteiger charge is 2.39. The second-order valence-corrected chi connectivity index (χ2v) is 13.2. The van der Waals surface area contributed by atoms with E-state index >= 15 is 0 Å². The summed E-state index contributed by atoms with van der Waals surface area (Å²) in [6.07, 6.45) is -0.826. The van der Waals surface area contributed by atoms with Crippen LogP contribution < -0.4 is 18.6 Å². The predicted octanol–water partition coefficient (Wildman–Crippen LogP) is 5.57. The molecule has 1 atom stereocenters. The maximum Gasteiger partial charge on any atom is 0.250 e. The third-order valence-electron chi connectivity index (χ3n) is 5.48. The molecule has 0 saturated heterocycles. The molecule has 2 rings (SSSR count). The minimum atomic E-state index is -2.06. The standard InChI is InChI=1S/C23H34O5Si/c1-9-27-20-14-16(10-12-18(20)25-5)22(24)17-11-13-19(26-6)21(15-17)28-29(7,8)23(2,3)4/h10-15,22,24H,9H2,1-8H3. The number of ether oxygens (including phenoxy) is 3. The van der Waals surface area contributed by atoms with Gasteiger partial charge < -0.3 is 23.7 Å². The zero-order valence-electron chi connectivity index (χ0n) is 18.8. The Morgan fingerprint density at radius 1 is 0.862 bits per heavy atom. The maximum atomic E-state index is 11.0. The van der Waals surface area contributed by atoms with E-state index in [1.54, 1.807) is 20.3 Å². The van der Waals surface area contributed by atoms with E-state index in [2.05, 4.69) is 33.9 Å². The molecular weight excluding hydrogens is 384 g/mol. The third kappa shape index (κ3) is 5.25. The van der Waals surface area contributed by atoms with E-state index in [1.165, 1.54) is 0 Å². The van der Waals surface area contributed by atoms with Crippen molar-refractivity contribution in [3.8, 4) is 23.0 Å². The average Bonchev–Trinajstić information content (AvgIpc) is 2.66. The molecule has 0 saturated carbocycles. The van der Waals surface area contributed by atoms with Crippen molar-refractivity contribution < 1.29 is 23.7 Å². The van der Waals surface area contributed by atoms with Crippen molar-refractivity contribution in [1.29, 1.82) is 0 Å². The molecule has 0 aliphatic carbocycles. The van der Waals surface area contributed by atoms with Gasteiger partial charge in [-0.2, -0.15) is 0 Å². The summed E-state index contributed by atoms with van der Waals surface area (Å²) in [6, 6.07) is 11.0. The van der Waals surface area contributed by atoms with E-state index in [0.717, 1.165) is 11.1 Å². The summed E-state index contributed by atoms with van der Waals surface area (Å²) in [6.45, 7) is 13.4. The SMILES string of the molecule is CCOc1cc(C(O)c2ccc(OC)c(O[Si](C)(C)C(C)(C)C)c2)ccc1OC. The van der Waals surface area contributed by atoms with Crippen molar-refractivity contribution in [3.05, 3.63) is 47.5 Å². The second-order valence-electron chi connectivity index (χ2n) is 8.52.